The third-order valence-electron chi connectivity index (χ3n) is 7.10. The third kappa shape index (κ3) is 5.13. The van der Waals surface area contributed by atoms with Gasteiger partial charge in [0.05, 0.1) is 18.2 Å². The molecule has 0 unspecified atom stereocenters. The van der Waals surface area contributed by atoms with E-state index in [9.17, 15) is 14.7 Å². The highest BCUT2D eigenvalue weighted by Gasteiger charge is 2.37. The Kier molecular flexibility index (Phi) is 6.55. The average Bonchev–Trinajstić information content (AvgIpc) is 3.57. The first-order valence-electron chi connectivity index (χ1n) is 12.7. The molecule has 4 bridgehead atoms. The Bertz CT molecular complexity index is 1490. The molecule has 7 nitrogen and oxygen atoms in total. The molecule has 2 amide bonds. The van der Waals surface area contributed by atoms with Crippen LogP contribution >= 0.6 is 11.3 Å². The number of thiazole rings is 1. The fourth-order valence-electron chi connectivity index (χ4n) is 5.13. The van der Waals surface area contributed by atoms with Gasteiger partial charge < -0.3 is 20.1 Å². The van der Waals surface area contributed by atoms with Gasteiger partial charge in [0.25, 0.3) is 0 Å². The van der Waals surface area contributed by atoms with Gasteiger partial charge in [-0.05, 0) is 41.8 Å². The van der Waals surface area contributed by atoms with Crippen molar-refractivity contribution in [1.82, 2.24) is 15.2 Å². The number of fused-ring (bicyclic) bond motifs is 6. The van der Waals surface area contributed by atoms with Gasteiger partial charge in [0, 0.05) is 36.4 Å². The van der Waals surface area contributed by atoms with Crippen molar-refractivity contribution >= 4 is 23.2 Å². The van der Waals surface area contributed by atoms with Crippen LogP contribution in [0.5, 0.6) is 17.2 Å². The van der Waals surface area contributed by atoms with Crippen LogP contribution in [0.25, 0.3) is 10.6 Å². The summed E-state index contributed by atoms with van der Waals surface area (Å²) in [6, 6.07) is 22.5. The quantitative estimate of drug-likeness (QED) is 0.397. The van der Waals surface area contributed by atoms with E-state index in [1.54, 1.807) is 18.2 Å². The minimum atomic E-state index is -0.214. The second kappa shape index (κ2) is 10.3. The first kappa shape index (κ1) is 24.2. The Hall–Kier alpha value is -4.17. The van der Waals surface area contributed by atoms with E-state index in [1.807, 2.05) is 64.9 Å². The topological polar surface area (TPSA) is 91.8 Å². The van der Waals surface area contributed by atoms with Gasteiger partial charge in [0.2, 0.25) is 11.8 Å². The first-order chi connectivity index (χ1) is 18.5. The van der Waals surface area contributed by atoms with Crippen molar-refractivity contribution in [1.29, 1.82) is 0 Å². The fraction of sp³-hybridized carbons (Fsp3) is 0.233. The Labute approximate surface area is 224 Å². The lowest BCUT2D eigenvalue weighted by molar-refractivity contribution is -0.130. The molecule has 0 saturated carbocycles. The highest BCUT2D eigenvalue weighted by Crippen LogP contribution is 2.35. The summed E-state index contributed by atoms with van der Waals surface area (Å²) in [6.45, 7) is 0.923. The number of nitrogens with one attached hydrogen (secondary N) is 1. The van der Waals surface area contributed by atoms with Crippen molar-refractivity contribution in [2.45, 2.75) is 31.2 Å². The Balaban J connectivity index is 1.23. The molecular formula is C30H27N3O4S. The summed E-state index contributed by atoms with van der Waals surface area (Å²) >= 11 is 1.53. The summed E-state index contributed by atoms with van der Waals surface area (Å²) in [5.41, 5.74) is 3.66. The molecule has 2 N–H and O–H groups in total. The number of nitrogens with zero attached hydrogens (tertiary/aromatic N) is 2. The van der Waals surface area contributed by atoms with Crippen molar-refractivity contribution in [3.8, 4) is 27.8 Å². The lowest BCUT2D eigenvalue weighted by Crippen LogP contribution is -2.40. The number of aryl methyl sites for hydroxylation is 1. The van der Waals surface area contributed by atoms with Gasteiger partial charge in [-0.1, -0.05) is 48.5 Å². The van der Waals surface area contributed by atoms with E-state index in [1.165, 1.54) is 11.3 Å². The van der Waals surface area contributed by atoms with Crippen molar-refractivity contribution in [3.05, 3.63) is 95.0 Å². The largest absolute Gasteiger partial charge is 0.504 e. The van der Waals surface area contributed by atoms with Gasteiger partial charge in [0.1, 0.15) is 10.8 Å². The number of aromatic nitrogens is 1. The predicted octanol–water partition coefficient (Wildman–Crippen LogP) is 4.91. The predicted molar refractivity (Wildman–Crippen MR) is 145 cm³/mol. The first-order valence-corrected chi connectivity index (χ1v) is 13.6. The van der Waals surface area contributed by atoms with Crippen LogP contribution in [0.2, 0.25) is 0 Å². The van der Waals surface area contributed by atoms with E-state index in [0.29, 0.717) is 37.4 Å². The molecule has 1 fully saturated rings. The van der Waals surface area contributed by atoms with E-state index >= 15 is 0 Å². The summed E-state index contributed by atoms with van der Waals surface area (Å²) in [6.07, 6.45) is 1.04. The summed E-state index contributed by atoms with van der Waals surface area (Å²) in [5.74, 6) is 0.847. The monoisotopic (exact) mass is 525 g/mol. The van der Waals surface area contributed by atoms with Crippen LogP contribution < -0.4 is 10.1 Å². The number of hydrogen-bond donors (Lipinski definition) is 2. The number of hydrogen-bond acceptors (Lipinski definition) is 6. The van der Waals surface area contributed by atoms with E-state index in [-0.39, 0.29) is 35.9 Å². The summed E-state index contributed by atoms with van der Waals surface area (Å²) in [7, 11) is 0. The number of aromatic hydroxyl groups is 1. The molecule has 2 atom stereocenters. The van der Waals surface area contributed by atoms with E-state index < -0.39 is 0 Å². The van der Waals surface area contributed by atoms with Crippen LogP contribution in [0, 0.1) is 0 Å². The van der Waals surface area contributed by atoms with Crippen LogP contribution in [-0.2, 0) is 22.4 Å². The SMILES string of the molecule is O=C1CCc2ccc(O)c(c2)Oc2cccc(c2)[C@@H]2CN(C(=O)Cc3csc(-c4ccccc4)n3)C[C@H]2N1. The second-order valence-corrected chi connectivity index (χ2v) is 10.6. The second-order valence-electron chi connectivity index (χ2n) is 9.74. The zero-order valence-electron chi connectivity index (χ0n) is 20.7. The van der Waals surface area contributed by atoms with E-state index in [4.69, 9.17) is 4.74 Å². The molecule has 6 rings (SSSR count). The maximum atomic E-state index is 13.3. The number of phenolic OH excluding ortho intramolecular Hbond substituents is 1. The molecule has 0 spiro atoms. The highest BCUT2D eigenvalue weighted by molar-refractivity contribution is 7.13. The van der Waals surface area contributed by atoms with Crippen molar-refractivity contribution in [3.63, 3.8) is 0 Å². The Morgan fingerprint density at radius 2 is 1.92 bits per heavy atom. The molecule has 3 aromatic carbocycles. The molecule has 8 heteroatoms. The molecular weight excluding hydrogens is 498 g/mol. The van der Waals surface area contributed by atoms with Crippen LogP contribution in [-0.4, -0.2) is 45.9 Å². The minimum absolute atomic E-state index is 0.00918. The highest BCUT2D eigenvalue weighted by atomic mass is 32.1. The number of carbonyl (C=O) groups is 2. The lowest BCUT2D eigenvalue weighted by Gasteiger charge is -2.20. The maximum absolute atomic E-state index is 13.3. The van der Waals surface area contributed by atoms with Gasteiger partial charge >= 0.3 is 0 Å². The van der Waals surface area contributed by atoms with Crippen molar-refractivity contribution in [2.75, 3.05) is 13.1 Å². The zero-order chi connectivity index (χ0) is 26.1. The fourth-order valence-corrected chi connectivity index (χ4v) is 5.95. The minimum Gasteiger partial charge on any atom is -0.504 e. The van der Waals surface area contributed by atoms with Crippen LogP contribution in [0.3, 0.4) is 0 Å². The van der Waals surface area contributed by atoms with Gasteiger partial charge in [0.15, 0.2) is 11.5 Å². The summed E-state index contributed by atoms with van der Waals surface area (Å²) in [4.78, 5) is 32.8. The number of rotatable bonds is 3. The van der Waals surface area contributed by atoms with Crippen molar-refractivity contribution < 1.29 is 19.4 Å². The molecule has 3 heterocycles. The number of benzene rings is 3. The molecule has 2 aliphatic rings. The third-order valence-corrected chi connectivity index (χ3v) is 8.04. The van der Waals surface area contributed by atoms with Crippen LogP contribution in [0.4, 0.5) is 0 Å². The standard InChI is InChI=1S/C30H27N3O4S/c34-26-11-9-19-10-12-28(35)32-25-17-33(16-24(25)21-7-4-8-23(14-21)37-27(26)13-19)29(36)15-22-18-38-30(31-22)20-5-2-1-3-6-20/h1-9,11,13-14,18,24-25,34H,10,12,15-17H2,(H,32,35)/t24-,25+/m0/s1. The number of likely N-dealkylation sites (tertiary alicyclic amines) is 1. The number of carbonyl (C=O) groups excluding carboxylic acids is 2. The molecule has 0 radical (unpaired) electrons. The smallest absolute Gasteiger partial charge is 0.228 e. The average molecular weight is 526 g/mol. The van der Waals surface area contributed by atoms with E-state index in [0.717, 1.165) is 27.4 Å². The maximum Gasteiger partial charge on any atom is 0.228 e. The van der Waals surface area contributed by atoms with Gasteiger partial charge in [-0.25, -0.2) is 4.98 Å². The Morgan fingerprint density at radius 1 is 1.05 bits per heavy atom. The molecule has 1 aromatic heterocycles. The van der Waals surface area contributed by atoms with Crippen LogP contribution in [0.15, 0.2) is 78.2 Å². The number of phenols is 1. The normalized spacial score (nSPS) is 18.8. The molecule has 192 valence electrons. The van der Waals surface area contributed by atoms with Crippen molar-refractivity contribution in [2.24, 2.45) is 0 Å². The Morgan fingerprint density at radius 3 is 2.79 bits per heavy atom. The van der Waals surface area contributed by atoms with Crippen LogP contribution in [0.1, 0.15) is 29.2 Å². The molecule has 0 aliphatic carbocycles. The zero-order valence-corrected chi connectivity index (χ0v) is 21.5. The summed E-state index contributed by atoms with van der Waals surface area (Å²) in [5, 5.41) is 16.3. The molecule has 1 saturated heterocycles. The van der Waals surface area contributed by atoms with Gasteiger partial charge in [-0.3, -0.25) is 9.59 Å². The van der Waals surface area contributed by atoms with E-state index in [2.05, 4.69) is 10.3 Å². The molecule has 2 aliphatic heterocycles. The number of amides is 2. The van der Waals surface area contributed by atoms with Gasteiger partial charge in [-0.2, -0.15) is 0 Å². The molecule has 38 heavy (non-hydrogen) atoms. The number of ether oxygens (including phenoxy) is 1. The van der Waals surface area contributed by atoms with Gasteiger partial charge in [-0.15, -0.1) is 11.3 Å². The molecule has 4 aromatic rings. The summed E-state index contributed by atoms with van der Waals surface area (Å²) < 4.78 is 6.03. The lowest BCUT2D eigenvalue weighted by atomic mass is 9.94.